The number of sulfonamides is 1. The first kappa shape index (κ1) is 22.2. The molecule has 3 aromatic carbocycles. The van der Waals surface area contributed by atoms with Crippen molar-refractivity contribution in [3.05, 3.63) is 88.4 Å². The van der Waals surface area contributed by atoms with Gasteiger partial charge in [-0.1, -0.05) is 60.5 Å². The minimum absolute atomic E-state index is 0.0955. The molecule has 0 saturated heterocycles. The quantitative estimate of drug-likeness (QED) is 0.511. The third kappa shape index (κ3) is 5.14. The maximum atomic E-state index is 13.3. The summed E-state index contributed by atoms with van der Waals surface area (Å²) in [5, 5.41) is 3.34. The maximum Gasteiger partial charge on any atom is 0.264 e. The van der Waals surface area contributed by atoms with Gasteiger partial charge in [-0.3, -0.25) is 9.10 Å². The van der Waals surface area contributed by atoms with Gasteiger partial charge in [-0.05, 0) is 54.4 Å². The summed E-state index contributed by atoms with van der Waals surface area (Å²) >= 11 is 12.1. The molecule has 0 aliphatic carbocycles. The molecule has 0 aliphatic rings. The summed E-state index contributed by atoms with van der Waals surface area (Å²) < 4.78 is 27.7. The Morgan fingerprint density at radius 2 is 1.63 bits per heavy atom. The fraction of sp³-hybridized carbons (Fsp3) is 0.136. The van der Waals surface area contributed by atoms with E-state index in [2.05, 4.69) is 5.32 Å². The summed E-state index contributed by atoms with van der Waals surface area (Å²) in [4.78, 5) is 12.8. The minimum Gasteiger partial charge on any atom is -0.323 e. The molecule has 1 amide bonds. The Hall–Kier alpha value is -2.54. The van der Waals surface area contributed by atoms with Gasteiger partial charge in [0.25, 0.3) is 10.0 Å². The number of halogens is 2. The predicted octanol–water partition coefficient (Wildman–Crippen LogP) is 5.39. The van der Waals surface area contributed by atoms with E-state index in [1.54, 1.807) is 42.5 Å². The van der Waals surface area contributed by atoms with Crippen LogP contribution >= 0.6 is 23.2 Å². The van der Waals surface area contributed by atoms with Gasteiger partial charge < -0.3 is 5.32 Å². The monoisotopic (exact) mass is 462 g/mol. The number of rotatable bonds is 7. The lowest BCUT2D eigenvalue weighted by Crippen LogP contribution is -2.38. The van der Waals surface area contributed by atoms with Crippen molar-refractivity contribution in [3.63, 3.8) is 0 Å². The molecule has 0 heterocycles. The Kier molecular flexibility index (Phi) is 7.02. The van der Waals surface area contributed by atoms with E-state index < -0.39 is 22.5 Å². The molecule has 1 N–H and O–H groups in total. The van der Waals surface area contributed by atoms with Crippen LogP contribution < -0.4 is 9.62 Å². The van der Waals surface area contributed by atoms with Crippen LogP contribution in [0, 0.1) is 0 Å². The molecule has 0 atom stereocenters. The van der Waals surface area contributed by atoms with Crippen LogP contribution in [0.5, 0.6) is 0 Å². The largest absolute Gasteiger partial charge is 0.323 e. The van der Waals surface area contributed by atoms with Crippen LogP contribution in [0.25, 0.3) is 0 Å². The molecule has 0 bridgehead atoms. The van der Waals surface area contributed by atoms with E-state index in [-0.39, 0.29) is 4.90 Å². The summed E-state index contributed by atoms with van der Waals surface area (Å²) in [5.74, 6) is -0.543. The molecule has 0 aromatic heterocycles. The molecule has 30 heavy (non-hydrogen) atoms. The number of amides is 1. The predicted molar refractivity (Wildman–Crippen MR) is 122 cm³/mol. The van der Waals surface area contributed by atoms with Crippen molar-refractivity contribution < 1.29 is 13.2 Å². The molecule has 0 saturated carbocycles. The normalized spacial score (nSPS) is 11.2. The fourth-order valence-electron chi connectivity index (χ4n) is 2.85. The number of hydrogen-bond donors (Lipinski definition) is 1. The lowest BCUT2D eigenvalue weighted by molar-refractivity contribution is -0.114. The second kappa shape index (κ2) is 9.51. The van der Waals surface area contributed by atoms with Crippen LogP contribution in [-0.4, -0.2) is 20.9 Å². The van der Waals surface area contributed by atoms with Gasteiger partial charge >= 0.3 is 0 Å². The van der Waals surface area contributed by atoms with Crippen LogP contribution in [0.4, 0.5) is 11.4 Å². The molecular formula is C22H20Cl2N2O3S. The summed E-state index contributed by atoms with van der Waals surface area (Å²) in [5.41, 5.74) is 1.77. The van der Waals surface area contributed by atoms with Crippen molar-refractivity contribution in [2.45, 2.75) is 18.2 Å². The molecule has 0 spiro atoms. The Morgan fingerprint density at radius 1 is 0.967 bits per heavy atom. The topological polar surface area (TPSA) is 66.5 Å². The number of benzene rings is 3. The smallest absolute Gasteiger partial charge is 0.264 e. The number of anilines is 2. The average molecular weight is 463 g/mol. The molecule has 5 nitrogen and oxygen atoms in total. The number of carbonyl (C=O) groups is 1. The van der Waals surface area contributed by atoms with E-state index in [0.29, 0.717) is 21.4 Å². The molecule has 0 aliphatic heterocycles. The fourth-order valence-corrected chi connectivity index (χ4v) is 4.63. The standard InChI is InChI=1S/C22H20Cl2N2O3S/c1-2-16-8-11-18(12-9-16)26(30(28,29)19-6-4-3-5-7-19)15-22(27)25-21-14-17(23)10-13-20(21)24/h3-14H,2,15H2,1H3,(H,25,27). The van der Waals surface area contributed by atoms with Crippen LogP contribution in [0.15, 0.2) is 77.7 Å². The molecular weight excluding hydrogens is 443 g/mol. The average Bonchev–Trinajstić information content (AvgIpc) is 2.75. The third-order valence-corrected chi connectivity index (χ3v) is 6.81. The van der Waals surface area contributed by atoms with Gasteiger partial charge in [-0.15, -0.1) is 0 Å². The van der Waals surface area contributed by atoms with Crippen molar-refractivity contribution in [2.24, 2.45) is 0 Å². The highest BCUT2D eigenvalue weighted by molar-refractivity contribution is 7.92. The maximum absolute atomic E-state index is 13.3. The minimum atomic E-state index is -3.97. The Labute approximate surface area is 186 Å². The van der Waals surface area contributed by atoms with Crippen LogP contribution in [0.2, 0.25) is 10.0 Å². The summed E-state index contributed by atoms with van der Waals surface area (Å²) in [7, 11) is -3.97. The highest BCUT2D eigenvalue weighted by Crippen LogP contribution is 2.27. The van der Waals surface area contributed by atoms with Crippen molar-refractivity contribution in [3.8, 4) is 0 Å². The van der Waals surface area contributed by atoms with E-state index in [9.17, 15) is 13.2 Å². The van der Waals surface area contributed by atoms with Gasteiger partial charge in [-0.25, -0.2) is 8.42 Å². The highest BCUT2D eigenvalue weighted by atomic mass is 35.5. The van der Waals surface area contributed by atoms with Gasteiger partial charge in [0, 0.05) is 5.02 Å². The van der Waals surface area contributed by atoms with Crippen molar-refractivity contribution >= 4 is 50.5 Å². The number of carbonyl (C=O) groups excluding carboxylic acids is 1. The second-order valence-electron chi connectivity index (χ2n) is 6.52. The van der Waals surface area contributed by atoms with Gasteiger partial charge in [0.15, 0.2) is 0 Å². The first-order chi connectivity index (χ1) is 14.3. The van der Waals surface area contributed by atoms with Crippen LogP contribution in [-0.2, 0) is 21.2 Å². The summed E-state index contributed by atoms with van der Waals surface area (Å²) in [6.45, 7) is 1.58. The molecule has 0 radical (unpaired) electrons. The Morgan fingerprint density at radius 3 is 2.27 bits per heavy atom. The van der Waals surface area contributed by atoms with Gasteiger partial charge in [0.1, 0.15) is 6.54 Å². The van der Waals surface area contributed by atoms with E-state index in [1.807, 2.05) is 19.1 Å². The number of aryl methyl sites for hydroxylation is 1. The van der Waals surface area contributed by atoms with Crippen molar-refractivity contribution in [2.75, 3.05) is 16.2 Å². The molecule has 3 aromatic rings. The molecule has 8 heteroatoms. The Balaban J connectivity index is 1.94. The zero-order valence-corrected chi connectivity index (χ0v) is 18.5. The lowest BCUT2D eigenvalue weighted by atomic mass is 10.1. The van der Waals surface area contributed by atoms with Gasteiger partial charge in [0.05, 0.1) is 21.3 Å². The SMILES string of the molecule is CCc1ccc(N(CC(=O)Nc2cc(Cl)ccc2Cl)S(=O)(=O)c2ccccc2)cc1. The number of nitrogens with zero attached hydrogens (tertiary/aromatic N) is 1. The molecule has 156 valence electrons. The van der Waals surface area contributed by atoms with Crippen molar-refractivity contribution in [1.29, 1.82) is 0 Å². The zero-order chi connectivity index (χ0) is 21.7. The summed E-state index contributed by atoms with van der Waals surface area (Å²) in [6, 6.07) is 19.7. The summed E-state index contributed by atoms with van der Waals surface area (Å²) in [6.07, 6.45) is 0.819. The first-order valence-corrected chi connectivity index (χ1v) is 11.4. The molecule has 3 rings (SSSR count). The van der Waals surface area contributed by atoms with E-state index in [0.717, 1.165) is 16.3 Å². The highest BCUT2D eigenvalue weighted by Gasteiger charge is 2.27. The molecule has 0 unspecified atom stereocenters. The Bertz CT molecular complexity index is 1130. The van der Waals surface area contributed by atoms with Crippen LogP contribution in [0.1, 0.15) is 12.5 Å². The first-order valence-electron chi connectivity index (χ1n) is 9.23. The van der Waals surface area contributed by atoms with Crippen molar-refractivity contribution in [1.82, 2.24) is 0 Å². The van der Waals surface area contributed by atoms with E-state index in [4.69, 9.17) is 23.2 Å². The van der Waals surface area contributed by atoms with E-state index >= 15 is 0 Å². The van der Waals surface area contributed by atoms with Gasteiger partial charge in [-0.2, -0.15) is 0 Å². The number of nitrogens with one attached hydrogen (secondary N) is 1. The zero-order valence-electron chi connectivity index (χ0n) is 16.2. The van der Waals surface area contributed by atoms with E-state index in [1.165, 1.54) is 18.2 Å². The molecule has 0 fully saturated rings. The van der Waals surface area contributed by atoms with Gasteiger partial charge in [0.2, 0.25) is 5.91 Å². The third-order valence-electron chi connectivity index (χ3n) is 4.45. The second-order valence-corrected chi connectivity index (χ2v) is 9.22. The van der Waals surface area contributed by atoms with Crippen LogP contribution in [0.3, 0.4) is 0 Å². The lowest BCUT2D eigenvalue weighted by Gasteiger charge is -2.24. The number of hydrogen-bond acceptors (Lipinski definition) is 3.